The van der Waals surface area contributed by atoms with Gasteiger partial charge in [0.15, 0.2) is 22.9 Å². The van der Waals surface area contributed by atoms with Crippen LogP contribution < -0.4 is 4.74 Å². The Morgan fingerprint density at radius 2 is 2.06 bits per heavy atom. The summed E-state index contributed by atoms with van der Waals surface area (Å²) < 4.78 is 24.8. The summed E-state index contributed by atoms with van der Waals surface area (Å²) in [5.74, 6) is 1.03. The van der Waals surface area contributed by atoms with E-state index < -0.39 is 29.5 Å². The van der Waals surface area contributed by atoms with Gasteiger partial charge in [0, 0.05) is 29.7 Å². The molecule has 0 amide bonds. The summed E-state index contributed by atoms with van der Waals surface area (Å²) >= 11 is 0. The topological polar surface area (TPSA) is 115 Å². The van der Waals surface area contributed by atoms with Crippen molar-refractivity contribution < 1.29 is 29.2 Å². The Morgan fingerprint density at radius 1 is 1.31 bits per heavy atom. The fourth-order valence-corrected chi connectivity index (χ4v) is 7.63. The number of likely N-dealkylation sites (N-methyl/N-ethyl adjacent to an activating group) is 1. The van der Waals surface area contributed by atoms with Crippen LogP contribution >= 0.6 is 0 Å². The van der Waals surface area contributed by atoms with Crippen LogP contribution in [0, 0.1) is 25.2 Å². The molecule has 2 unspecified atom stereocenters. The van der Waals surface area contributed by atoms with E-state index in [0.717, 1.165) is 28.0 Å². The number of ether oxygens (including phenoxy) is 3. The molecular formula is C27H31N3O6. The van der Waals surface area contributed by atoms with Crippen LogP contribution in [0.15, 0.2) is 28.7 Å². The number of nitrogens with zero attached hydrogens (tertiary/aromatic N) is 3. The standard InChI is InChI=1S/C27H31N3O6/c1-12-6-15-7-16-18(9-28)30-17(22(29(16)4)20(15)13(2)23(12)34-5)8-27(33)21(19(30)10-31)25-24(35-11-36-25)14(3)26(27)32/h6,16-19,22,31,33H,7-8,10-11H2,1-5H3/t16-,17?,18-,19-,22-,27?/m0/s1/i31T. The molecule has 6 rings (SSSR count). The van der Waals surface area contributed by atoms with E-state index in [1.807, 2.05) is 20.9 Å². The van der Waals surface area contributed by atoms with Crippen molar-refractivity contribution in [3.05, 3.63) is 51.0 Å². The number of benzene rings is 1. The molecule has 0 spiro atoms. The molecule has 1 aliphatic carbocycles. The minimum absolute atomic E-state index is 0.0614. The quantitative estimate of drug-likeness (QED) is 0.642. The molecule has 2 N–H and O–H groups in total. The van der Waals surface area contributed by atoms with Crippen molar-refractivity contribution in [3.8, 4) is 11.8 Å². The molecule has 36 heavy (non-hydrogen) atoms. The van der Waals surface area contributed by atoms with E-state index in [2.05, 4.69) is 21.9 Å². The summed E-state index contributed by atoms with van der Waals surface area (Å²) in [6, 6.07) is 2.62. The lowest BCUT2D eigenvalue weighted by molar-refractivity contribution is -0.150. The maximum absolute atomic E-state index is 13.7. The number of aryl methyl sites for hydroxylation is 1. The maximum Gasteiger partial charge on any atom is 0.231 e. The predicted octanol–water partition coefficient (Wildman–Crippen LogP) is 1.40. The zero-order valence-corrected chi connectivity index (χ0v) is 21.1. The molecule has 0 saturated carbocycles. The van der Waals surface area contributed by atoms with E-state index in [1.165, 1.54) is 0 Å². The van der Waals surface area contributed by atoms with Gasteiger partial charge in [-0.2, -0.15) is 5.26 Å². The number of ketones is 1. The number of aliphatic hydroxyl groups excluding tert-OH is 1. The second-order valence-corrected chi connectivity index (χ2v) is 10.6. The van der Waals surface area contributed by atoms with Crippen LogP contribution in [0.5, 0.6) is 5.75 Å². The number of methoxy groups -OCH3 is 1. The third-order valence-corrected chi connectivity index (χ3v) is 9.01. The molecule has 9 nitrogen and oxygen atoms in total. The molecule has 4 aliphatic heterocycles. The predicted molar refractivity (Wildman–Crippen MR) is 128 cm³/mol. The number of piperazine rings is 1. The molecule has 2 bridgehead atoms. The molecular weight excluding hydrogens is 462 g/mol. The third-order valence-electron chi connectivity index (χ3n) is 9.01. The summed E-state index contributed by atoms with van der Waals surface area (Å²) in [5.41, 5.74) is 3.11. The van der Waals surface area contributed by atoms with E-state index in [1.54, 1.807) is 14.0 Å². The second kappa shape index (κ2) is 7.80. The first-order chi connectivity index (χ1) is 17.7. The van der Waals surface area contributed by atoms with E-state index in [-0.39, 0.29) is 31.9 Å². The lowest BCUT2D eigenvalue weighted by Gasteiger charge is -2.62. The molecule has 1 aromatic carbocycles. The number of Topliss-reactive ketones (excluding diaryl/α,β-unsaturated/α-hetero) is 1. The van der Waals surface area contributed by atoms with Crippen LogP contribution in [0.4, 0.5) is 0 Å². The van der Waals surface area contributed by atoms with Gasteiger partial charge in [0.2, 0.25) is 8.22 Å². The van der Waals surface area contributed by atoms with Crippen LogP contribution in [-0.4, -0.2) is 84.6 Å². The Balaban J connectivity index is 1.60. The van der Waals surface area contributed by atoms with Gasteiger partial charge in [-0.05, 0) is 56.5 Å². The van der Waals surface area contributed by atoms with E-state index >= 15 is 0 Å². The van der Waals surface area contributed by atoms with Gasteiger partial charge < -0.3 is 24.4 Å². The van der Waals surface area contributed by atoms with Crippen LogP contribution in [-0.2, 0) is 20.7 Å². The van der Waals surface area contributed by atoms with Crippen LogP contribution in [0.3, 0.4) is 0 Å². The van der Waals surface area contributed by atoms with Gasteiger partial charge in [-0.1, -0.05) is 6.07 Å². The van der Waals surface area contributed by atoms with E-state index in [9.17, 15) is 15.2 Å². The number of rotatable bonds is 3. The normalized spacial score (nSPS) is 35.6. The number of hydrogen-bond acceptors (Lipinski definition) is 9. The summed E-state index contributed by atoms with van der Waals surface area (Å²) in [7, 11) is 3.68. The SMILES string of the molecule is [3H]OC[C@H]1C2=C3OCOC3=C(C)C(=O)C2(O)CC2[C@H]3c4c(cc(C)c(OC)c4C)C[C@@H]([C@H](C#N)N21)N3C. The Kier molecular flexibility index (Phi) is 4.83. The average molecular weight is 496 g/mol. The molecule has 4 heterocycles. The van der Waals surface area contributed by atoms with Crippen molar-refractivity contribution in [1.82, 2.24) is 9.80 Å². The summed E-state index contributed by atoms with van der Waals surface area (Å²) in [5, 5.41) is 27.6. The highest BCUT2D eigenvalue weighted by Crippen LogP contribution is 2.55. The van der Waals surface area contributed by atoms with Crippen LogP contribution in [0.1, 0.15) is 41.6 Å². The fraction of sp³-hybridized carbons (Fsp3) is 0.556. The third kappa shape index (κ3) is 2.70. The number of piperidine rings is 1. The van der Waals surface area contributed by atoms with Crippen molar-refractivity contribution in [2.45, 2.75) is 69.4 Å². The molecule has 3 saturated heterocycles. The summed E-state index contributed by atoms with van der Waals surface area (Å²) in [4.78, 5) is 18.0. The lowest BCUT2D eigenvalue weighted by atomic mass is 9.64. The first-order valence-corrected chi connectivity index (χ1v) is 12.3. The van der Waals surface area contributed by atoms with Crippen molar-refractivity contribution in [2.75, 3.05) is 27.6 Å². The lowest BCUT2D eigenvalue weighted by Crippen LogP contribution is -2.74. The van der Waals surface area contributed by atoms with Crippen molar-refractivity contribution >= 4 is 5.78 Å². The van der Waals surface area contributed by atoms with Gasteiger partial charge in [0.1, 0.15) is 11.8 Å². The molecule has 3 fully saturated rings. The van der Waals surface area contributed by atoms with E-state index in [4.69, 9.17) is 20.8 Å². The number of aliphatic hydroxyl groups is 2. The average Bonchev–Trinajstić information content (AvgIpc) is 3.34. The first kappa shape index (κ1) is 22.3. The maximum atomic E-state index is 13.7. The number of carbonyl (C=O) groups excluding carboxylic acids is 1. The van der Waals surface area contributed by atoms with E-state index in [0.29, 0.717) is 29.1 Å². The number of nitriles is 1. The Hall–Kier alpha value is -2.90. The van der Waals surface area contributed by atoms with Crippen LogP contribution in [0.2, 0.25) is 0 Å². The number of hydrogen-bond donors (Lipinski definition) is 2. The van der Waals surface area contributed by atoms with Crippen molar-refractivity contribution in [2.24, 2.45) is 0 Å². The molecule has 6 atom stereocenters. The largest absolute Gasteiger partial charge is 0.496 e. The molecule has 9 heteroatoms. The van der Waals surface area contributed by atoms with Gasteiger partial charge in [-0.15, -0.1) is 0 Å². The monoisotopic (exact) mass is 495 g/mol. The zero-order valence-electron chi connectivity index (χ0n) is 22.1. The summed E-state index contributed by atoms with van der Waals surface area (Å²) in [6.07, 6.45) is 0.741. The highest BCUT2D eigenvalue weighted by molar-refractivity contribution is 6.06. The number of fused-ring (bicyclic) bond motifs is 8. The van der Waals surface area contributed by atoms with Gasteiger partial charge >= 0.3 is 0 Å². The molecule has 0 radical (unpaired) electrons. The molecule has 1 aromatic rings. The molecule has 5 aliphatic rings. The zero-order chi connectivity index (χ0) is 26.4. The van der Waals surface area contributed by atoms with Crippen molar-refractivity contribution in [1.29, 1.82) is 6.69 Å². The van der Waals surface area contributed by atoms with Gasteiger partial charge in [0.25, 0.3) is 0 Å². The highest BCUT2D eigenvalue weighted by Gasteiger charge is 2.64. The molecule has 0 aromatic heterocycles. The second-order valence-electron chi connectivity index (χ2n) is 10.6. The smallest absolute Gasteiger partial charge is 0.231 e. The fourth-order valence-electron chi connectivity index (χ4n) is 7.63. The summed E-state index contributed by atoms with van der Waals surface area (Å²) in [6.45, 7) is 5.51. The Bertz CT molecular complexity index is 1320. The first-order valence-electron chi connectivity index (χ1n) is 12.7. The van der Waals surface area contributed by atoms with Crippen LogP contribution in [0.25, 0.3) is 0 Å². The Labute approximate surface area is 211 Å². The number of carbonyl (C=O) groups is 1. The minimum Gasteiger partial charge on any atom is -0.496 e. The van der Waals surface area contributed by atoms with Gasteiger partial charge in [-0.3, -0.25) is 14.6 Å². The Morgan fingerprint density at radius 3 is 2.75 bits per heavy atom. The van der Waals surface area contributed by atoms with Gasteiger partial charge in [0.05, 0.1) is 31.9 Å². The minimum atomic E-state index is -1.87. The van der Waals surface area contributed by atoms with Gasteiger partial charge in [-0.25, -0.2) is 0 Å². The molecule has 190 valence electrons. The highest BCUT2D eigenvalue weighted by atomic mass is 16.7. The van der Waals surface area contributed by atoms with Crippen molar-refractivity contribution in [3.63, 3.8) is 0 Å².